The van der Waals surface area contributed by atoms with E-state index in [1.54, 1.807) is 24.3 Å². The Labute approximate surface area is 228 Å². The maximum absolute atomic E-state index is 12.7. The van der Waals surface area contributed by atoms with E-state index in [0.717, 1.165) is 18.6 Å². The largest absolute Gasteiger partial charge is 0.491 e. The number of anilines is 1. The number of hydrogen-bond donors (Lipinski definition) is 2. The smallest absolute Gasteiger partial charge is 0.257 e. The second kappa shape index (κ2) is 14.4. The summed E-state index contributed by atoms with van der Waals surface area (Å²) in [6.07, 6.45) is 1.83. The lowest BCUT2D eigenvalue weighted by Crippen LogP contribution is -2.34. The molecule has 6 nitrogen and oxygen atoms in total. The maximum atomic E-state index is 12.7. The Morgan fingerprint density at radius 3 is 1.97 bits per heavy atom. The first kappa shape index (κ1) is 26.7. The van der Waals surface area contributed by atoms with E-state index in [0.29, 0.717) is 42.6 Å². The van der Waals surface area contributed by atoms with Gasteiger partial charge in [0.1, 0.15) is 30.5 Å². The molecule has 194 valence electrons. The molecular weight excluding hydrogens is 496 g/mol. The van der Waals surface area contributed by atoms with Crippen LogP contribution in [0.15, 0.2) is 109 Å². The molecule has 4 aromatic carbocycles. The molecule has 7 heteroatoms. The summed E-state index contributed by atoms with van der Waals surface area (Å²) in [5.74, 6) is 1.81. The number of amides is 1. The predicted molar refractivity (Wildman–Crippen MR) is 154 cm³/mol. The van der Waals surface area contributed by atoms with Crippen molar-refractivity contribution in [3.05, 3.63) is 120 Å². The zero-order valence-corrected chi connectivity index (χ0v) is 21.8. The van der Waals surface area contributed by atoms with Gasteiger partial charge in [0.25, 0.3) is 5.91 Å². The van der Waals surface area contributed by atoms with Gasteiger partial charge < -0.3 is 19.5 Å². The van der Waals surface area contributed by atoms with Crippen molar-refractivity contribution in [2.75, 3.05) is 25.1 Å². The van der Waals surface area contributed by atoms with E-state index in [1.165, 1.54) is 5.56 Å². The van der Waals surface area contributed by atoms with E-state index < -0.39 is 0 Å². The van der Waals surface area contributed by atoms with Crippen LogP contribution in [0.4, 0.5) is 5.69 Å². The second-order valence-corrected chi connectivity index (χ2v) is 8.78. The molecular formula is C31H30N2O4S. The van der Waals surface area contributed by atoms with E-state index in [4.69, 9.17) is 26.4 Å². The van der Waals surface area contributed by atoms with Crippen molar-refractivity contribution in [1.29, 1.82) is 0 Å². The summed E-state index contributed by atoms with van der Waals surface area (Å²) < 4.78 is 17.3. The second-order valence-electron chi connectivity index (χ2n) is 8.38. The molecule has 0 radical (unpaired) electrons. The first-order valence-corrected chi connectivity index (χ1v) is 12.9. The van der Waals surface area contributed by atoms with Crippen LogP contribution in [0, 0.1) is 0 Å². The summed E-state index contributed by atoms with van der Waals surface area (Å²) in [7, 11) is 0. The van der Waals surface area contributed by atoms with E-state index in [2.05, 4.69) is 22.8 Å². The third-order valence-electron chi connectivity index (χ3n) is 5.55. The van der Waals surface area contributed by atoms with Crippen molar-refractivity contribution in [3.8, 4) is 17.2 Å². The fraction of sp³-hybridized carbons (Fsp3) is 0.161. The van der Waals surface area contributed by atoms with Gasteiger partial charge in [-0.2, -0.15) is 0 Å². The summed E-state index contributed by atoms with van der Waals surface area (Å²) in [5.41, 5.74) is 2.44. The lowest BCUT2D eigenvalue weighted by Gasteiger charge is -2.14. The maximum Gasteiger partial charge on any atom is 0.257 e. The molecule has 0 atom stereocenters. The highest BCUT2D eigenvalue weighted by Crippen LogP contribution is 2.24. The van der Waals surface area contributed by atoms with Gasteiger partial charge in [0.2, 0.25) is 0 Å². The lowest BCUT2D eigenvalue weighted by molar-refractivity contribution is 0.0977. The summed E-state index contributed by atoms with van der Waals surface area (Å²) in [6, 6.07) is 34.3. The van der Waals surface area contributed by atoms with Crippen molar-refractivity contribution in [1.82, 2.24) is 5.32 Å². The van der Waals surface area contributed by atoms with E-state index in [9.17, 15) is 4.79 Å². The lowest BCUT2D eigenvalue weighted by atomic mass is 10.1. The number of ether oxygens (including phenoxy) is 3. The van der Waals surface area contributed by atoms with Crippen LogP contribution in [-0.4, -0.2) is 30.8 Å². The summed E-state index contributed by atoms with van der Waals surface area (Å²) in [4.78, 5) is 12.7. The number of carbonyl (C=O) groups is 1. The van der Waals surface area contributed by atoms with E-state index in [-0.39, 0.29) is 11.0 Å². The number of benzene rings is 4. The Morgan fingerprint density at radius 2 is 1.26 bits per heavy atom. The van der Waals surface area contributed by atoms with Crippen molar-refractivity contribution in [3.63, 3.8) is 0 Å². The number of hydrogen-bond acceptors (Lipinski definition) is 5. The highest BCUT2D eigenvalue weighted by atomic mass is 32.1. The topological polar surface area (TPSA) is 68.8 Å². The zero-order chi connectivity index (χ0) is 26.4. The van der Waals surface area contributed by atoms with Gasteiger partial charge in [0.05, 0.1) is 12.3 Å². The zero-order valence-electron chi connectivity index (χ0n) is 21.0. The molecule has 0 aliphatic carbocycles. The van der Waals surface area contributed by atoms with Crippen LogP contribution in [0.1, 0.15) is 22.3 Å². The van der Waals surface area contributed by atoms with Gasteiger partial charge in [0.15, 0.2) is 5.11 Å². The first-order chi connectivity index (χ1) is 18.7. The molecule has 0 saturated heterocycles. The Balaban J connectivity index is 1.20. The molecule has 0 bridgehead atoms. The average Bonchev–Trinajstić information content (AvgIpc) is 2.95. The van der Waals surface area contributed by atoms with Gasteiger partial charge in [-0.3, -0.25) is 10.1 Å². The molecule has 4 rings (SSSR count). The predicted octanol–water partition coefficient (Wildman–Crippen LogP) is 6.28. The van der Waals surface area contributed by atoms with Crippen molar-refractivity contribution >= 4 is 28.9 Å². The van der Waals surface area contributed by atoms with Crippen LogP contribution in [0.25, 0.3) is 0 Å². The van der Waals surface area contributed by atoms with Crippen LogP contribution in [0.2, 0.25) is 0 Å². The van der Waals surface area contributed by atoms with Gasteiger partial charge >= 0.3 is 0 Å². The van der Waals surface area contributed by atoms with Crippen LogP contribution < -0.4 is 24.8 Å². The third-order valence-corrected chi connectivity index (χ3v) is 5.76. The Morgan fingerprint density at radius 1 is 0.658 bits per heavy atom. The Hall–Kier alpha value is -4.36. The van der Waals surface area contributed by atoms with Crippen LogP contribution >= 0.6 is 12.2 Å². The Bertz CT molecular complexity index is 1300. The molecule has 0 aliphatic heterocycles. The molecule has 0 fully saturated rings. The first-order valence-electron chi connectivity index (χ1n) is 12.5. The summed E-state index contributed by atoms with van der Waals surface area (Å²) in [5, 5.41) is 5.97. The fourth-order valence-electron chi connectivity index (χ4n) is 3.67. The van der Waals surface area contributed by atoms with E-state index >= 15 is 0 Å². The minimum absolute atomic E-state index is 0.189. The standard InChI is InChI=1S/C31H30N2O4S/c34-30(25-17-19-27(20-18-25)36-23-22-35-26-13-5-2-6-14-26)33-31(38)32-28-15-7-8-16-29(28)37-21-9-12-24-10-3-1-4-11-24/h1-8,10-11,13-20H,9,12,21-23H2,(H2,32,33,34,38). The minimum Gasteiger partial charge on any atom is -0.491 e. The molecule has 38 heavy (non-hydrogen) atoms. The van der Waals surface area contributed by atoms with Crippen LogP contribution in [-0.2, 0) is 6.42 Å². The van der Waals surface area contributed by atoms with Gasteiger partial charge in [-0.25, -0.2) is 0 Å². The molecule has 2 N–H and O–H groups in total. The highest BCUT2D eigenvalue weighted by Gasteiger charge is 2.10. The fourth-order valence-corrected chi connectivity index (χ4v) is 3.87. The van der Waals surface area contributed by atoms with Gasteiger partial charge in [-0.15, -0.1) is 0 Å². The molecule has 4 aromatic rings. The molecule has 0 saturated carbocycles. The molecule has 0 spiro atoms. The van der Waals surface area contributed by atoms with Crippen molar-refractivity contribution in [2.45, 2.75) is 12.8 Å². The highest BCUT2D eigenvalue weighted by molar-refractivity contribution is 7.80. The van der Waals surface area contributed by atoms with Crippen molar-refractivity contribution in [2.24, 2.45) is 0 Å². The monoisotopic (exact) mass is 526 g/mol. The molecule has 1 amide bonds. The molecule has 0 unspecified atom stereocenters. The van der Waals surface area contributed by atoms with Gasteiger partial charge in [0, 0.05) is 5.56 Å². The number of thiocarbonyl (C=S) groups is 1. The molecule has 0 heterocycles. The third kappa shape index (κ3) is 8.64. The number of rotatable bonds is 12. The Kier molecular flexibility index (Phi) is 10.1. The number of nitrogens with one attached hydrogen (secondary N) is 2. The van der Waals surface area contributed by atoms with E-state index in [1.807, 2.05) is 72.8 Å². The quantitative estimate of drug-likeness (QED) is 0.167. The minimum atomic E-state index is -0.317. The van der Waals surface area contributed by atoms with Crippen molar-refractivity contribution < 1.29 is 19.0 Å². The number of para-hydroxylation sites is 3. The molecule has 0 aliphatic rings. The number of carbonyl (C=O) groups excluding carboxylic acids is 1. The molecule has 0 aromatic heterocycles. The number of aryl methyl sites for hydroxylation is 1. The average molecular weight is 527 g/mol. The SMILES string of the molecule is O=C(NC(=S)Nc1ccccc1OCCCc1ccccc1)c1ccc(OCCOc2ccccc2)cc1. The van der Waals surface area contributed by atoms with Gasteiger partial charge in [-0.05, 0) is 79.2 Å². The summed E-state index contributed by atoms with van der Waals surface area (Å²) >= 11 is 5.37. The van der Waals surface area contributed by atoms with Gasteiger partial charge in [-0.1, -0.05) is 60.7 Å². The van der Waals surface area contributed by atoms with Crippen LogP contribution in [0.3, 0.4) is 0 Å². The normalized spacial score (nSPS) is 10.3. The summed E-state index contributed by atoms with van der Waals surface area (Å²) in [6.45, 7) is 1.38. The van der Waals surface area contributed by atoms with Crippen LogP contribution in [0.5, 0.6) is 17.2 Å².